The number of aromatic nitrogens is 2. The maximum Gasteiger partial charge on any atom is 0.128 e. The highest BCUT2D eigenvalue weighted by Gasteiger charge is 2.27. The standard InChI is InChI=1S/C8H12BrN3/c1-10-4-6-7(9)12-8(11-6)5-2-3-5/h5,10H,2-4H2,1H3,(H,11,12). The van der Waals surface area contributed by atoms with Gasteiger partial charge in [-0.15, -0.1) is 0 Å². The van der Waals surface area contributed by atoms with E-state index < -0.39 is 0 Å². The third-order valence-electron chi connectivity index (χ3n) is 2.06. The summed E-state index contributed by atoms with van der Waals surface area (Å²) in [5.74, 6) is 1.85. The van der Waals surface area contributed by atoms with Gasteiger partial charge in [-0.3, -0.25) is 0 Å². The molecule has 1 aliphatic carbocycles. The van der Waals surface area contributed by atoms with E-state index in [9.17, 15) is 0 Å². The molecule has 2 rings (SSSR count). The molecule has 0 spiro atoms. The summed E-state index contributed by atoms with van der Waals surface area (Å²) in [7, 11) is 1.93. The molecule has 0 saturated heterocycles. The summed E-state index contributed by atoms with van der Waals surface area (Å²) in [6, 6.07) is 0. The largest absolute Gasteiger partial charge is 0.344 e. The number of aromatic amines is 1. The first kappa shape index (κ1) is 8.26. The molecule has 1 aromatic heterocycles. The molecule has 1 aromatic rings. The predicted molar refractivity (Wildman–Crippen MR) is 51.0 cm³/mol. The van der Waals surface area contributed by atoms with E-state index in [1.54, 1.807) is 0 Å². The number of imidazole rings is 1. The number of H-pyrrole nitrogens is 1. The Kier molecular flexibility index (Phi) is 2.19. The van der Waals surface area contributed by atoms with Crippen molar-refractivity contribution in [2.24, 2.45) is 0 Å². The first-order valence-electron chi connectivity index (χ1n) is 4.20. The monoisotopic (exact) mass is 229 g/mol. The lowest BCUT2D eigenvalue weighted by atomic mass is 10.4. The van der Waals surface area contributed by atoms with Gasteiger partial charge in [-0.05, 0) is 35.8 Å². The Labute approximate surface area is 80.1 Å². The minimum Gasteiger partial charge on any atom is -0.344 e. The van der Waals surface area contributed by atoms with Gasteiger partial charge in [0.15, 0.2) is 0 Å². The smallest absolute Gasteiger partial charge is 0.128 e. The Morgan fingerprint density at radius 3 is 3.00 bits per heavy atom. The van der Waals surface area contributed by atoms with Crippen LogP contribution in [0.25, 0.3) is 0 Å². The second kappa shape index (κ2) is 3.18. The second-order valence-corrected chi connectivity index (χ2v) is 3.95. The molecule has 3 nitrogen and oxygen atoms in total. The lowest BCUT2D eigenvalue weighted by Gasteiger charge is -1.94. The summed E-state index contributed by atoms with van der Waals surface area (Å²) < 4.78 is 0.957. The zero-order chi connectivity index (χ0) is 8.55. The minimum absolute atomic E-state index is 0.701. The van der Waals surface area contributed by atoms with Crippen LogP contribution in [-0.2, 0) is 6.54 Å². The highest BCUT2D eigenvalue weighted by molar-refractivity contribution is 9.10. The topological polar surface area (TPSA) is 40.7 Å². The fraction of sp³-hybridized carbons (Fsp3) is 0.625. The van der Waals surface area contributed by atoms with Crippen molar-refractivity contribution in [1.82, 2.24) is 15.3 Å². The molecule has 0 atom stereocenters. The van der Waals surface area contributed by atoms with Crippen LogP contribution in [0, 0.1) is 0 Å². The number of rotatable bonds is 3. The Balaban J connectivity index is 2.18. The summed E-state index contributed by atoms with van der Waals surface area (Å²) in [5.41, 5.74) is 1.15. The van der Waals surface area contributed by atoms with Gasteiger partial charge in [0.25, 0.3) is 0 Å². The molecule has 1 heterocycles. The van der Waals surface area contributed by atoms with Crippen LogP contribution in [-0.4, -0.2) is 17.0 Å². The molecule has 1 saturated carbocycles. The van der Waals surface area contributed by atoms with Crippen molar-refractivity contribution >= 4 is 15.9 Å². The molecule has 0 radical (unpaired) electrons. The zero-order valence-corrected chi connectivity index (χ0v) is 8.61. The molecule has 4 heteroatoms. The van der Waals surface area contributed by atoms with Crippen molar-refractivity contribution in [3.05, 3.63) is 16.1 Å². The lowest BCUT2D eigenvalue weighted by molar-refractivity contribution is 0.788. The highest BCUT2D eigenvalue weighted by Crippen LogP contribution is 2.39. The number of hydrogen-bond acceptors (Lipinski definition) is 2. The van der Waals surface area contributed by atoms with Gasteiger partial charge < -0.3 is 10.3 Å². The van der Waals surface area contributed by atoms with E-state index in [0.717, 1.165) is 22.7 Å². The van der Waals surface area contributed by atoms with Crippen molar-refractivity contribution in [1.29, 1.82) is 0 Å². The van der Waals surface area contributed by atoms with Gasteiger partial charge in [0, 0.05) is 12.5 Å². The second-order valence-electron chi connectivity index (χ2n) is 3.20. The van der Waals surface area contributed by atoms with Gasteiger partial charge >= 0.3 is 0 Å². The maximum absolute atomic E-state index is 4.41. The van der Waals surface area contributed by atoms with Gasteiger partial charge in [0.2, 0.25) is 0 Å². The SMILES string of the molecule is CNCc1[nH]c(C2CC2)nc1Br. The van der Waals surface area contributed by atoms with Crippen LogP contribution < -0.4 is 5.32 Å². The zero-order valence-electron chi connectivity index (χ0n) is 7.02. The molecule has 12 heavy (non-hydrogen) atoms. The Bertz CT molecular complexity index is 278. The molecule has 0 bridgehead atoms. The van der Waals surface area contributed by atoms with Gasteiger partial charge in [0.1, 0.15) is 10.4 Å². The average molecular weight is 230 g/mol. The lowest BCUT2D eigenvalue weighted by Crippen LogP contribution is -2.05. The molecule has 0 unspecified atom stereocenters. The Morgan fingerprint density at radius 2 is 2.42 bits per heavy atom. The summed E-state index contributed by atoms with van der Waals surface area (Å²) in [6.45, 7) is 0.848. The quantitative estimate of drug-likeness (QED) is 0.830. The van der Waals surface area contributed by atoms with Crippen LogP contribution in [0.2, 0.25) is 0 Å². The molecular formula is C8H12BrN3. The highest BCUT2D eigenvalue weighted by atomic mass is 79.9. The number of halogens is 1. The van der Waals surface area contributed by atoms with Gasteiger partial charge in [-0.2, -0.15) is 0 Å². The van der Waals surface area contributed by atoms with Crippen LogP contribution >= 0.6 is 15.9 Å². The molecule has 2 N–H and O–H groups in total. The first-order chi connectivity index (χ1) is 5.81. The third-order valence-corrected chi connectivity index (χ3v) is 2.72. The van der Waals surface area contributed by atoms with Crippen LogP contribution in [0.5, 0.6) is 0 Å². The fourth-order valence-electron chi connectivity index (χ4n) is 1.25. The van der Waals surface area contributed by atoms with E-state index in [-0.39, 0.29) is 0 Å². The van der Waals surface area contributed by atoms with E-state index in [1.165, 1.54) is 12.8 Å². The summed E-state index contributed by atoms with van der Waals surface area (Å²) >= 11 is 3.43. The van der Waals surface area contributed by atoms with Crippen molar-refractivity contribution in [2.45, 2.75) is 25.3 Å². The van der Waals surface area contributed by atoms with Gasteiger partial charge in [-0.1, -0.05) is 0 Å². The summed E-state index contributed by atoms with van der Waals surface area (Å²) in [5, 5.41) is 3.10. The van der Waals surface area contributed by atoms with Crippen molar-refractivity contribution < 1.29 is 0 Å². The maximum atomic E-state index is 4.41. The van der Waals surface area contributed by atoms with E-state index in [2.05, 4.69) is 31.2 Å². The molecule has 66 valence electrons. The van der Waals surface area contributed by atoms with Crippen molar-refractivity contribution in [3.8, 4) is 0 Å². The first-order valence-corrected chi connectivity index (χ1v) is 4.99. The fourth-order valence-corrected chi connectivity index (χ4v) is 1.68. The van der Waals surface area contributed by atoms with Crippen LogP contribution in [0.3, 0.4) is 0 Å². The minimum atomic E-state index is 0.701. The van der Waals surface area contributed by atoms with Crippen molar-refractivity contribution in [2.75, 3.05) is 7.05 Å². The molecular weight excluding hydrogens is 218 g/mol. The normalized spacial score (nSPS) is 16.8. The van der Waals surface area contributed by atoms with E-state index in [4.69, 9.17) is 0 Å². The van der Waals surface area contributed by atoms with E-state index in [1.807, 2.05) is 7.05 Å². The third kappa shape index (κ3) is 1.54. The number of nitrogens with one attached hydrogen (secondary N) is 2. The molecule has 1 aliphatic rings. The molecule has 0 aliphatic heterocycles. The average Bonchev–Trinajstić information content (AvgIpc) is 2.80. The Morgan fingerprint density at radius 1 is 1.67 bits per heavy atom. The predicted octanol–water partition coefficient (Wildman–Crippen LogP) is 1.77. The summed E-state index contributed by atoms with van der Waals surface area (Å²) in [6.07, 6.45) is 2.58. The van der Waals surface area contributed by atoms with Gasteiger partial charge in [0.05, 0.1) is 5.69 Å². The number of nitrogens with zero attached hydrogens (tertiary/aromatic N) is 1. The Hall–Kier alpha value is -0.350. The van der Waals surface area contributed by atoms with E-state index in [0.29, 0.717) is 5.92 Å². The molecule has 1 fully saturated rings. The molecule has 0 amide bonds. The van der Waals surface area contributed by atoms with Crippen LogP contribution in [0.15, 0.2) is 4.60 Å². The van der Waals surface area contributed by atoms with E-state index >= 15 is 0 Å². The van der Waals surface area contributed by atoms with Crippen LogP contribution in [0.4, 0.5) is 0 Å². The summed E-state index contributed by atoms with van der Waals surface area (Å²) in [4.78, 5) is 7.74. The number of hydrogen-bond donors (Lipinski definition) is 2. The van der Waals surface area contributed by atoms with Gasteiger partial charge in [-0.25, -0.2) is 4.98 Å². The molecule has 0 aromatic carbocycles. The van der Waals surface area contributed by atoms with Crippen molar-refractivity contribution in [3.63, 3.8) is 0 Å². The van der Waals surface area contributed by atoms with Crippen LogP contribution in [0.1, 0.15) is 30.3 Å².